The van der Waals surface area contributed by atoms with E-state index in [2.05, 4.69) is 4.98 Å². The van der Waals surface area contributed by atoms with Gasteiger partial charge in [-0.25, -0.2) is 9.37 Å². The van der Waals surface area contributed by atoms with Crippen LogP contribution in [0.4, 0.5) is 10.1 Å². The maximum absolute atomic E-state index is 13.3. The highest BCUT2D eigenvalue weighted by Crippen LogP contribution is 2.28. The van der Waals surface area contributed by atoms with E-state index in [1.54, 1.807) is 21.6 Å². The van der Waals surface area contributed by atoms with Crippen LogP contribution < -0.4 is 4.90 Å². The molecule has 1 aliphatic heterocycles. The van der Waals surface area contributed by atoms with E-state index < -0.39 is 0 Å². The van der Waals surface area contributed by atoms with Gasteiger partial charge in [-0.3, -0.25) is 4.79 Å². The Morgan fingerprint density at radius 2 is 2.00 bits per heavy atom. The van der Waals surface area contributed by atoms with Crippen molar-refractivity contribution < 1.29 is 9.18 Å². The Labute approximate surface area is 126 Å². The third kappa shape index (κ3) is 2.06. The normalized spacial score (nSPS) is 14.1. The second-order valence-corrected chi connectivity index (χ2v) is 5.43. The van der Waals surface area contributed by atoms with Gasteiger partial charge in [0.25, 0.3) is 5.91 Å². The van der Waals surface area contributed by atoms with Crippen LogP contribution in [-0.2, 0) is 6.42 Å². The van der Waals surface area contributed by atoms with Gasteiger partial charge < -0.3 is 9.30 Å². The van der Waals surface area contributed by atoms with Gasteiger partial charge in [0.1, 0.15) is 17.2 Å². The molecule has 0 saturated heterocycles. The maximum atomic E-state index is 13.3. The minimum atomic E-state index is -0.354. The third-order valence-electron chi connectivity index (χ3n) is 3.99. The number of rotatable bonds is 1. The first kappa shape index (κ1) is 13.0. The van der Waals surface area contributed by atoms with Crippen molar-refractivity contribution in [2.75, 3.05) is 11.4 Å². The highest BCUT2D eigenvalue weighted by molar-refractivity contribution is 6.05. The monoisotopic (exact) mass is 295 g/mol. The second kappa shape index (κ2) is 4.94. The number of aryl methyl sites for hydroxylation is 1. The number of halogens is 1. The Morgan fingerprint density at radius 1 is 1.14 bits per heavy atom. The van der Waals surface area contributed by atoms with Gasteiger partial charge in [0.05, 0.1) is 0 Å². The van der Waals surface area contributed by atoms with Gasteiger partial charge in [-0.05, 0) is 36.6 Å². The van der Waals surface area contributed by atoms with E-state index in [9.17, 15) is 9.18 Å². The summed E-state index contributed by atoms with van der Waals surface area (Å²) in [4.78, 5) is 18.8. The number of anilines is 1. The summed E-state index contributed by atoms with van der Waals surface area (Å²) in [6.45, 7) is 0.679. The Bertz CT molecular complexity index is 871. The van der Waals surface area contributed by atoms with Gasteiger partial charge in [-0.15, -0.1) is 0 Å². The molecule has 3 aromatic rings. The van der Waals surface area contributed by atoms with E-state index in [0.29, 0.717) is 17.9 Å². The first-order valence-electron chi connectivity index (χ1n) is 7.26. The summed E-state index contributed by atoms with van der Waals surface area (Å²) in [5, 5.41) is 0. The molecule has 110 valence electrons. The molecule has 3 heterocycles. The predicted octanol–water partition coefficient (Wildman–Crippen LogP) is 3.07. The number of hydrogen-bond acceptors (Lipinski definition) is 2. The number of hydrogen-bond donors (Lipinski definition) is 0. The van der Waals surface area contributed by atoms with Gasteiger partial charge in [-0.1, -0.05) is 18.2 Å². The smallest absolute Gasteiger partial charge is 0.278 e. The van der Waals surface area contributed by atoms with Gasteiger partial charge >= 0.3 is 0 Å². The minimum Gasteiger partial charge on any atom is -0.307 e. The molecule has 0 atom stereocenters. The molecule has 4 nitrogen and oxygen atoms in total. The number of aromatic nitrogens is 2. The maximum Gasteiger partial charge on any atom is 0.278 e. The van der Waals surface area contributed by atoms with Gasteiger partial charge in [0.15, 0.2) is 0 Å². The minimum absolute atomic E-state index is 0.142. The quantitative estimate of drug-likeness (QED) is 0.692. The summed E-state index contributed by atoms with van der Waals surface area (Å²) in [6, 6.07) is 10.8. The molecule has 5 heteroatoms. The zero-order chi connectivity index (χ0) is 15.1. The van der Waals surface area contributed by atoms with Crippen molar-refractivity contribution in [2.45, 2.75) is 12.8 Å². The van der Waals surface area contributed by atoms with E-state index in [-0.39, 0.29) is 11.7 Å². The van der Waals surface area contributed by atoms with E-state index in [4.69, 9.17) is 0 Å². The molecule has 0 fully saturated rings. The zero-order valence-electron chi connectivity index (χ0n) is 11.9. The SMILES string of the molecule is O=C(c1cn2cc(F)ccc2n1)N1CCCc2ccccc21. The van der Waals surface area contributed by atoms with Crippen molar-refractivity contribution in [1.29, 1.82) is 0 Å². The highest BCUT2D eigenvalue weighted by atomic mass is 19.1. The van der Waals surface area contributed by atoms with Crippen molar-refractivity contribution in [3.05, 3.63) is 65.9 Å². The van der Waals surface area contributed by atoms with Crippen molar-refractivity contribution in [3.8, 4) is 0 Å². The molecule has 2 aromatic heterocycles. The Hall–Kier alpha value is -2.69. The first-order valence-corrected chi connectivity index (χ1v) is 7.26. The third-order valence-corrected chi connectivity index (χ3v) is 3.99. The Balaban J connectivity index is 1.75. The highest BCUT2D eigenvalue weighted by Gasteiger charge is 2.25. The lowest BCUT2D eigenvalue weighted by atomic mass is 10.0. The van der Waals surface area contributed by atoms with Crippen LogP contribution in [0.2, 0.25) is 0 Å². The summed E-state index contributed by atoms with van der Waals surface area (Å²) in [5.41, 5.74) is 3.02. The van der Waals surface area contributed by atoms with Crippen LogP contribution in [0.5, 0.6) is 0 Å². The Morgan fingerprint density at radius 3 is 2.91 bits per heavy atom. The number of carbonyl (C=O) groups is 1. The topological polar surface area (TPSA) is 37.6 Å². The van der Waals surface area contributed by atoms with Crippen molar-refractivity contribution in [2.24, 2.45) is 0 Å². The molecule has 0 spiro atoms. The number of benzene rings is 1. The molecule has 0 N–H and O–H groups in total. The van der Waals surface area contributed by atoms with Crippen LogP contribution in [0.15, 0.2) is 48.8 Å². The molecule has 1 aromatic carbocycles. The number of amides is 1. The van der Waals surface area contributed by atoms with E-state index in [1.165, 1.54) is 17.8 Å². The lowest BCUT2D eigenvalue weighted by Gasteiger charge is -2.28. The van der Waals surface area contributed by atoms with E-state index in [1.807, 2.05) is 24.3 Å². The van der Waals surface area contributed by atoms with Crippen LogP contribution in [0.3, 0.4) is 0 Å². The fourth-order valence-electron chi connectivity index (χ4n) is 2.95. The average Bonchev–Trinajstić information content (AvgIpc) is 2.96. The molecule has 0 radical (unpaired) electrons. The summed E-state index contributed by atoms with van der Waals surface area (Å²) in [6.07, 6.45) is 4.82. The molecular weight excluding hydrogens is 281 g/mol. The number of fused-ring (bicyclic) bond motifs is 2. The van der Waals surface area contributed by atoms with Crippen LogP contribution in [0.1, 0.15) is 22.5 Å². The van der Waals surface area contributed by atoms with Crippen LogP contribution in [0, 0.1) is 5.82 Å². The molecule has 0 aliphatic carbocycles. The number of nitrogens with zero attached hydrogens (tertiary/aromatic N) is 3. The van der Waals surface area contributed by atoms with Crippen molar-refractivity contribution in [3.63, 3.8) is 0 Å². The molecule has 0 unspecified atom stereocenters. The second-order valence-electron chi connectivity index (χ2n) is 5.43. The van der Waals surface area contributed by atoms with E-state index in [0.717, 1.165) is 18.5 Å². The number of para-hydroxylation sites is 1. The fraction of sp³-hybridized carbons (Fsp3) is 0.176. The van der Waals surface area contributed by atoms with Crippen LogP contribution in [-0.4, -0.2) is 21.8 Å². The van der Waals surface area contributed by atoms with Gasteiger partial charge in [0.2, 0.25) is 0 Å². The average molecular weight is 295 g/mol. The predicted molar refractivity (Wildman–Crippen MR) is 81.6 cm³/mol. The van der Waals surface area contributed by atoms with Crippen LogP contribution >= 0.6 is 0 Å². The summed E-state index contributed by atoms with van der Waals surface area (Å²) >= 11 is 0. The summed E-state index contributed by atoms with van der Waals surface area (Å²) in [7, 11) is 0. The molecular formula is C17H14FN3O. The summed E-state index contributed by atoms with van der Waals surface area (Å²) in [5.74, 6) is -0.497. The molecule has 1 aliphatic rings. The lowest BCUT2D eigenvalue weighted by Crippen LogP contribution is -2.35. The van der Waals surface area contributed by atoms with Crippen LogP contribution in [0.25, 0.3) is 5.65 Å². The van der Waals surface area contributed by atoms with Gasteiger partial charge in [-0.2, -0.15) is 0 Å². The molecule has 4 rings (SSSR count). The van der Waals surface area contributed by atoms with Gasteiger partial charge in [0, 0.05) is 24.6 Å². The van der Waals surface area contributed by atoms with Crippen molar-refractivity contribution >= 4 is 17.2 Å². The number of pyridine rings is 1. The molecule has 0 saturated carbocycles. The zero-order valence-corrected chi connectivity index (χ0v) is 11.9. The fourth-order valence-corrected chi connectivity index (χ4v) is 2.95. The molecule has 0 bridgehead atoms. The first-order chi connectivity index (χ1) is 10.7. The molecule has 22 heavy (non-hydrogen) atoms. The Kier molecular flexibility index (Phi) is 2.92. The molecule has 1 amide bonds. The largest absolute Gasteiger partial charge is 0.307 e. The summed E-state index contributed by atoms with van der Waals surface area (Å²) < 4.78 is 14.8. The van der Waals surface area contributed by atoms with Crippen molar-refractivity contribution in [1.82, 2.24) is 9.38 Å². The standard InChI is InChI=1S/C17H14FN3O/c18-13-7-8-16-19-14(11-20(16)10-13)17(22)21-9-3-5-12-4-1-2-6-15(12)21/h1-2,4,6-8,10-11H,3,5,9H2. The lowest BCUT2D eigenvalue weighted by molar-refractivity contribution is 0.0981. The van der Waals surface area contributed by atoms with E-state index >= 15 is 0 Å². The number of carbonyl (C=O) groups excluding carboxylic acids is 1. The number of imidazole rings is 1.